The van der Waals surface area contributed by atoms with Crippen LogP contribution in [0.5, 0.6) is 5.75 Å². The van der Waals surface area contributed by atoms with E-state index in [2.05, 4.69) is 10.6 Å². The Bertz CT molecular complexity index is 1090. The Morgan fingerprint density at radius 2 is 1.71 bits per heavy atom. The van der Waals surface area contributed by atoms with Gasteiger partial charge in [0.15, 0.2) is 5.78 Å². The molecule has 10 heteroatoms. The number of methoxy groups -OCH3 is 1. The van der Waals surface area contributed by atoms with E-state index in [0.717, 1.165) is 38.5 Å². The highest BCUT2D eigenvalue weighted by atomic mass is 16.6. The van der Waals surface area contributed by atoms with Gasteiger partial charge in [-0.3, -0.25) is 19.2 Å². The van der Waals surface area contributed by atoms with E-state index in [9.17, 15) is 19.2 Å². The van der Waals surface area contributed by atoms with Crippen LogP contribution in [0.25, 0.3) is 0 Å². The number of Topliss-reactive ketones (excluding diaryl/α,β-unsaturated/α-hetero) is 1. The van der Waals surface area contributed by atoms with Crippen LogP contribution in [0.3, 0.4) is 0 Å². The minimum Gasteiger partial charge on any atom is -0.497 e. The summed E-state index contributed by atoms with van der Waals surface area (Å²) in [4.78, 5) is 54.1. The molecule has 2 heterocycles. The molecule has 1 aromatic carbocycles. The molecule has 0 aromatic heterocycles. The molecule has 2 saturated heterocycles. The zero-order valence-electron chi connectivity index (χ0n) is 24.5. The Morgan fingerprint density at radius 1 is 1.07 bits per heavy atom. The molecule has 1 saturated carbocycles. The first kappa shape index (κ1) is 31.0. The highest BCUT2D eigenvalue weighted by molar-refractivity contribution is 6.01. The maximum atomic E-state index is 14.0. The maximum absolute atomic E-state index is 14.0. The number of carbonyl (C=O) groups is 4. The number of ketones is 1. The number of carbonyl (C=O) groups excluding carboxylic acids is 4. The average molecular weight is 572 g/mol. The molecule has 4 N–H and O–H groups in total. The molecule has 10 nitrogen and oxygen atoms in total. The molecule has 4 atom stereocenters. The van der Waals surface area contributed by atoms with E-state index in [-0.39, 0.29) is 36.6 Å². The molecule has 0 spiro atoms. The lowest BCUT2D eigenvalue weighted by Crippen LogP contribution is -2.68. The van der Waals surface area contributed by atoms with Gasteiger partial charge in [-0.1, -0.05) is 37.8 Å². The second-order valence-electron chi connectivity index (χ2n) is 12.2. The molecule has 3 aliphatic rings. The summed E-state index contributed by atoms with van der Waals surface area (Å²) in [7, 11) is 1.56. The fourth-order valence-electron chi connectivity index (χ4n) is 6.28. The number of primary amides is 1. The topological polar surface area (TPSA) is 149 Å². The van der Waals surface area contributed by atoms with E-state index < -0.39 is 34.9 Å². The number of nitrogens with two attached hydrogens (primary N) is 1. The van der Waals surface area contributed by atoms with Gasteiger partial charge in [0, 0.05) is 26.1 Å². The fraction of sp³-hybridized carbons (Fsp3) is 0.677. The Morgan fingerprint density at radius 3 is 2.27 bits per heavy atom. The highest BCUT2D eigenvalue weighted by Gasteiger charge is 2.58. The van der Waals surface area contributed by atoms with Gasteiger partial charge in [0.25, 0.3) is 0 Å². The van der Waals surface area contributed by atoms with Gasteiger partial charge in [0.2, 0.25) is 17.7 Å². The smallest absolute Gasteiger partial charge is 0.244 e. The number of ether oxygens (including phenoxy) is 3. The predicted molar refractivity (Wildman–Crippen MR) is 152 cm³/mol. The summed E-state index contributed by atoms with van der Waals surface area (Å²) in [6.45, 7) is 4.81. The minimum absolute atomic E-state index is 0.0139. The van der Waals surface area contributed by atoms with Crippen LogP contribution in [0.1, 0.15) is 70.8 Å². The maximum Gasteiger partial charge on any atom is 0.244 e. The van der Waals surface area contributed by atoms with Crippen molar-refractivity contribution in [2.45, 2.75) is 88.8 Å². The molecule has 4 rings (SSSR count). The third-order valence-electron chi connectivity index (χ3n) is 9.07. The molecule has 1 unspecified atom stereocenters. The van der Waals surface area contributed by atoms with Crippen molar-refractivity contribution in [3.63, 3.8) is 0 Å². The van der Waals surface area contributed by atoms with E-state index in [0.29, 0.717) is 37.4 Å². The lowest BCUT2D eigenvalue weighted by Gasteiger charge is -2.40. The van der Waals surface area contributed by atoms with Crippen molar-refractivity contribution in [2.24, 2.45) is 23.5 Å². The Balaban J connectivity index is 1.62. The van der Waals surface area contributed by atoms with E-state index in [1.165, 1.54) is 0 Å². The summed E-state index contributed by atoms with van der Waals surface area (Å²) in [6.07, 6.45) is 6.34. The van der Waals surface area contributed by atoms with Crippen molar-refractivity contribution in [3.8, 4) is 5.75 Å². The molecule has 1 aliphatic carbocycles. The number of benzene rings is 1. The first-order valence-corrected chi connectivity index (χ1v) is 14.9. The van der Waals surface area contributed by atoms with Crippen LogP contribution in [0.15, 0.2) is 24.3 Å². The first-order chi connectivity index (χ1) is 19.6. The first-order valence-electron chi connectivity index (χ1n) is 14.9. The van der Waals surface area contributed by atoms with Gasteiger partial charge in [-0.2, -0.15) is 0 Å². The third-order valence-corrected chi connectivity index (χ3v) is 9.07. The molecular weight excluding hydrogens is 526 g/mol. The number of rotatable bonds is 14. The fourth-order valence-corrected chi connectivity index (χ4v) is 6.28. The lowest BCUT2D eigenvalue weighted by molar-refractivity contribution is -0.142. The standard InChI is InChI=1S/C31H45N3O7/c1-20(33-26(35)17-22-12-14-40-15-13-22)28(37)34-31(29(32)38,18-23-8-10-24(39-3)11-9-23)25(16-21-6-4-5-7-21)27(36)30(2)19-41-30/h8-11,20-22,25H,4-7,12-19H2,1-3H3,(H2,32,38)(H,33,35)(H,34,37)/t20-,25+,30+,31?/m0/s1. The molecule has 226 valence electrons. The van der Waals surface area contributed by atoms with Crippen molar-refractivity contribution in [1.82, 2.24) is 10.6 Å². The molecule has 3 fully saturated rings. The largest absolute Gasteiger partial charge is 0.497 e. The zero-order chi connectivity index (χ0) is 29.6. The summed E-state index contributed by atoms with van der Waals surface area (Å²) in [5, 5.41) is 5.70. The second-order valence-corrected chi connectivity index (χ2v) is 12.2. The molecule has 41 heavy (non-hydrogen) atoms. The van der Waals surface area contributed by atoms with Gasteiger partial charge in [0.1, 0.15) is 22.9 Å². The van der Waals surface area contributed by atoms with Crippen LogP contribution >= 0.6 is 0 Å². The van der Waals surface area contributed by atoms with Crippen LogP contribution in [0, 0.1) is 17.8 Å². The van der Waals surface area contributed by atoms with Gasteiger partial charge in [-0.15, -0.1) is 0 Å². The third kappa shape index (κ3) is 7.65. The van der Waals surface area contributed by atoms with E-state index in [4.69, 9.17) is 19.9 Å². The van der Waals surface area contributed by atoms with Crippen LogP contribution in [0.4, 0.5) is 0 Å². The molecule has 0 radical (unpaired) electrons. The lowest BCUT2D eigenvalue weighted by atomic mass is 9.69. The summed E-state index contributed by atoms with van der Waals surface area (Å²) >= 11 is 0. The summed E-state index contributed by atoms with van der Waals surface area (Å²) in [6, 6.07) is 6.19. The number of epoxide rings is 1. The van der Waals surface area contributed by atoms with E-state index in [1.54, 1.807) is 45.2 Å². The zero-order valence-corrected chi connectivity index (χ0v) is 24.5. The predicted octanol–water partition coefficient (Wildman–Crippen LogP) is 2.45. The molecular formula is C31H45N3O7. The number of hydrogen-bond donors (Lipinski definition) is 3. The normalized spacial score (nSPS) is 24.1. The summed E-state index contributed by atoms with van der Waals surface area (Å²) in [5.74, 6) is -1.65. The molecule has 2 aliphatic heterocycles. The number of nitrogens with one attached hydrogen (secondary N) is 2. The van der Waals surface area contributed by atoms with Crippen molar-refractivity contribution >= 4 is 23.5 Å². The molecule has 0 bridgehead atoms. The van der Waals surface area contributed by atoms with Crippen LogP contribution < -0.4 is 21.1 Å². The highest BCUT2D eigenvalue weighted by Crippen LogP contribution is 2.41. The SMILES string of the molecule is COc1ccc(CC(NC(=O)[C@H](C)NC(=O)CC2CCOCC2)(C(N)=O)[C@H](CC2CCCC2)C(=O)[C@@]2(C)CO2)cc1. The van der Waals surface area contributed by atoms with Gasteiger partial charge < -0.3 is 30.6 Å². The average Bonchev–Trinajstić information content (AvgIpc) is 3.49. The molecule has 3 amide bonds. The van der Waals surface area contributed by atoms with Gasteiger partial charge in [0.05, 0.1) is 19.6 Å². The van der Waals surface area contributed by atoms with Crippen LogP contribution in [0.2, 0.25) is 0 Å². The van der Waals surface area contributed by atoms with Crippen LogP contribution in [-0.4, -0.2) is 67.6 Å². The van der Waals surface area contributed by atoms with Gasteiger partial charge >= 0.3 is 0 Å². The van der Waals surface area contributed by atoms with Crippen molar-refractivity contribution in [3.05, 3.63) is 29.8 Å². The van der Waals surface area contributed by atoms with E-state index >= 15 is 0 Å². The van der Waals surface area contributed by atoms with E-state index in [1.807, 2.05) is 0 Å². The monoisotopic (exact) mass is 571 g/mol. The Labute approximate surface area is 242 Å². The van der Waals surface area contributed by atoms with Gasteiger partial charge in [-0.05, 0) is 62.6 Å². The van der Waals surface area contributed by atoms with Gasteiger partial charge in [-0.25, -0.2) is 0 Å². The van der Waals surface area contributed by atoms with Crippen molar-refractivity contribution < 1.29 is 33.4 Å². The summed E-state index contributed by atoms with van der Waals surface area (Å²) < 4.78 is 16.2. The quantitative estimate of drug-likeness (QED) is 0.290. The number of hydrogen-bond acceptors (Lipinski definition) is 7. The van der Waals surface area contributed by atoms with Crippen molar-refractivity contribution in [2.75, 3.05) is 26.9 Å². The number of amides is 3. The van der Waals surface area contributed by atoms with Crippen molar-refractivity contribution in [1.29, 1.82) is 0 Å². The second kappa shape index (κ2) is 13.3. The van der Waals surface area contributed by atoms with Crippen LogP contribution in [-0.2, 0) is 35.1 Å². The summed E-state index contributed by atoms with van der Waals surface area (Å²) in [5.41, 5.74) is 4.13. The minimum atomic E-state index is -1.72. The Kier molecular flexibility index (Phi) is 10.1. The molecule has 1 aromatic rings. The Hall–Kier alpha value is -2.98.